The smallest absolute Gasteiger partial charge is 0.124 e. The van der Waals surface area contributed by atoms with Gasteiger partial charge in [0.05, 0.1) is 0 Å². The van der Waals surface area contributed by atoms with E-state index in [4.69, 9.17) is 10.5 Å². The lowest BCUT2D eigenvalue weighted by Crippen LogP contribution is -2.42. The molecule has 21 heavy (non-hydrogen) atoms. The Morgan fingerprint density at radius 3 is 2.95 bits per heavy atom. The van der Waals surface area contributed by atoms with Crippen molar-refractivity contribution in [2.45, 2.75) is 76.9 Å². The van der Waals surface area contributed by atoms with E-state index in [0.29, 0.717) is 0 Å². The van der Waals surface area contributed by atoms with E-state index in [1.165, 1.54) is 56.1 Å². The SMILES string of the molecule is CCCC1CCCC2(CC1)CC(N)c1cc(C)ccc1O2. The third kappa shape index (κ3) is 3.11. The average molecular weight is 287 g/mol. The molecule has 1 aromatic rings. The van der Waals surface area contributed by atoms with Crippen LogP contribution in [-0.4, -0.2) is 5.60 Å². The quantitative estimate of drug-likeness (QED) is 0.840. The maximum atomic E-state index is 6.51. The van der Waals surface area contributed by atoms with E-state index < -0.39 is 0 Å². The Morgan fingerprint density at radius 2 is 2.14 bits per heavy atom. The second-order valence-corrected chi connectivity index (χ2v) is 7.22. The van der Waals surface area contributed by atoms with Crippen LogP contribution in [-0.2, 0) is 0 Å². The van der Waals surface area contributed by atoms with Crippen LogP contribution in [0.4, 0.5) is 0 Å². The minimum absolute atomic E-state index is 0.00413. The van der Waals surface area contributed by atoms with E-state index >= 15 is 0 Å². The van der Waals surface area contributed by atoms with Crippen molar-refractivity contribution in [3.8, 4) is 5.75 Å². The molecule has 2 heteroatoms. The van der Waals surface area contributed by atoms with Gasteiger partial charge in [0.1, 0.15) is 11.4 Å². The Labute approximate surface area is 129 Å². The van der Waals surface area contributed by atoms with Gasteiger partial charge in [0, 0.05) is 18.0 Å². The monoisotopic (exact) mass is 287 g/mol. The Balaban J connectivity index is 1.79. The highest BCUT2D eigenvalue weighted by Gasteiger charge is 2.41. The molecule has 1 spiro atoms. The van der Waals surface area contributed by atoms with E-state index in [1.807, 2.05) is 0 Å². The van der Waals surface area contributed by atoms with Crippen molar-refractivity contribution in [1.29, 1.82) is 0 Å². The summed E-state index contributed by atoms with van der Waals surface area (Å²) in [4.78, 5) is 0. The van der Waals surface area contributed by atoms with Crippen molar-refractivity contribution >= 4 is 0 Å². The summed E-state index contributed by atoms with van der Waals surface area (Å²) in [6.45, 7) is 4.42. The number of fused-ring (bicyclic) bond motifs is 1. The number of rotatable bonds is 2. The third-order valence-corrected chi connectivity index (χ3v) is 5.43. The van der Waals surface area contributed by atoms with Crippen LogP contribution >= 0.6 is 0 Å². The molecule has 3 unspecified atom stereocenters. The highest BCUT2D eigenvalue weighted by Crippen LogP contribution is 2.46. The fourth-order valence-electron chi connectivity index (χ4n) is 4.29. The van der Waals surface area contributed by atoms with Crippen molar-refractivity contribution < 1.29 is 4.74 Å². The molecule has 1 aliphatic heterocycles. The minimum Gasteiger partial charge on any atom is -0.487 e. The van der Waals surface area contributed by atoms with Gasteiger partial charge in [-0.25, -0.2) is 0 Å². The lowest BCUT2D eigenvalue weighted by molar-refractivity contribution is 0.0202. The van der Waals surface area contributed by atoms with Crippen molar-refractivity contribution in [3.05, 3.63) is 29.3 Å². The molecular weight excluding hydrogens is 258 g/mol. The summed E-state index contributed by atoms with van der Waals surface area (Å²) in [7, 11) is 0. The summed E-state index contributed by atoms with van der Waals surface area (Å²) in [5.74, 6) is 1.93. The molecule has 1 saturated carbocycles. The zero-order chi connectivity index (χ0) is 14.9. The molecule has 0 radical (unpaired) electrons. The molecule has 1 aliphatic carbocycles. The molecule has 1 heterocycles. The highest BCUT2D eigenvalue weighted by atomic mass is 16.5. The molecule has 3 atom stereocenters. The van der Waals surface area contributed by atoms with E-state index in [2.05, 4.69) is 32.0 Å². The van der Waals surface area contributed by atoms with Crippen LogP contribution < -0.4 is 10.5 Å². The molecule has 0 saturated heterocycles. The van der Waals surface area contributed by atoms with E-state index in [1.54, 1.807) is 0 Å². The van der Waals surface area contributed by atoms with Gasteiger partial charge in [0.15, 0.2) is 0 Å². The highest BCUT2D eigenvalue weighted by molar-refractivity contribution is 5.41. The number of hydrogen-bond acceptors (Lipinski definition) is 2. The second-order valence-electron chi connectivity index (χ2n) is 7.22. The molecular formula is C19H29NO. The molecule has 1 aromatic carbocycles. The molecule has 2 aliphatic rings. The molecule has 3 rings (SSSR count). The normalized spacial score (nSPS) is 32.3. The Kier molecular flexibility index (Phi) is 4.26. The number of hydrogen-bond donors (Lipinski definition) is 1. The summed E-state index contributed by atoms with van der Waals surface area (Å²) >= 11 is 0. The summed E-state index contributed by atoms with van der Waals surface area (Å²) < 4.78 is 6.51. The fraction of sp³-hybridized carbons (Fsp3) is 0.684. The first-order valence-corrected chi connectivity index (χ1v) is 8.67. The number of ether oxygens (including phenoxy) is 1. The molecule has 0 aromatic heterocycles. The summed E-state index contributed by atoms with van der Waals surface area (Å²) in [6, 6.07) is 6.60. The van der Waals surface area contributed by atoms with Gasteiger partial charge < -0.3 is 10.5 Å². The first-order valence-electron chi connectivity index (χ1n) is 8.67. The number of nitrogens with two attached hydrogens (primary N) is 1. The van der Waals surface area contributed by atoms with E-state index in [0.717, 1.165) is 18.1 Å². The lowest BCUT2D eigenvalue weighted by atomic mass is 9.82. The predicted molar refractivity (Wildman–Crippen MR) is 87.6 cm³/mol. The molecule has 116 valence electrons. The van der Waals surface area contributed by atoms with Gasteiger partial charge in [-0.2, -0.15) is 0 Å². The van der Waals surface area contributed by atoms with Crippen molar-refractivity contribution in [3.63, 3.8) is 0 Å². The predicted octanol–water partition coefficient (Wildman–Crippen LogP) is 4.90. The zero-order valence-electron chi connectivity index (χ0n) is 13.5. The first kappa shape index (κ1) is 14.9. The summed E-state index contributed by atoms with van der Waals surface area (Å²) in [5.41, 5.74) is 8.96. The van der Waals surface area contributed by atoms with E-state index in [9.17, 15) is 0 Å². The van der Waals surface area contributed by atoms with Crippen LogP contribution in [0.1, 0.15) is 75.5 Å². The Hall–Kier alpha value is -1.02. The van der Waals surface area contributed by atoms with Gasteiger partial charge in [-0.1, -0.05) is 43.9 Å². The van der Waals surface area contributed by atoms with Gasteiger partial charge in [-0.3, -0.25) is 0 Å². The standard InChI is InChI=1S/C19H29NO/c1-3-5-15-6-4-10-19(11-9-15)13-17(20)16-12-14(2)7-8-18(16)21-19/h7-8,12,15,17H,3-6,9-11,13,20H2,1-2H3. The van der Waals surface area contributed by atoms with Crippen molar-refractivity contribution in [2.24, 2.45) is 11.7 Å². The third-order valence-electron chi connectivity index (χ3n) is 5.43. The number of aryl methyl sites for hydroxylation is 1. The topological polar surface area (TPSA) is 35.2 Å². The first-order chi connectivity index (χ1) is 10.1. The molecule has 0 amide bonds. The molecule has 2 N–H and O–H groups in total. The van der Waals surface area contributed by atoms with Gasteiger partial charge in [0.2, 0.25) is 0 Å². The van der Waals surface area contributed by atoms with Crippen LogP contribution in [0.2, 0.25) is 0 Å². The summed E-state index contributed by atoms with van der Waals surface area (Å²) in [6.07, 6.45) is 9.99. The van der Waals surface area contributed by atoms with Crippen LogP contribution in [0.15, 0.2) is 18.2 Å². The molecule has 0 bridgehead atoms. The van der Waals surface area contributed by atoms with Gasteiger partial charge in [-0.05, 0) is 44.6 Å². The van der Waals surface area contributed by atoms with Crippen LogP contribution in [0, 0.1) is 12.8 Å². The van der Waals surface area contributed by atoms with Gasteiger partial charge in [-0.15, -0.1) is 0 Å². The second kappa shape index (κ2) is 6.00. The maximum absolute atomic E-state index is 6.51. The lowest BCUT2D eigenvalue weighted by Gasteiger charge is -2.41. The van der Waals surface area contributed by atoms with Gasteiger partial charge in [0.25, 0.3) is 0 Å². The van der Waals surface area contributed by atoms with Crippen LogP contribution in [0.3, 0.4) is 0 Å². The zero-order valence-corrected chi connectivity index (χ0v) is 13.5. The number of benzene rings is 1. The van der Waals surface area contributed by atoms with Gasteiger partial charge >= 0.3 is 0 Å². The average Bonchev–Trinajstić information content (AvgIpc) is 2.64. The Morgan fingerprint density at radius 1 is 1.29 bits per heavy atom. The molecule has 1 fully saturated rings. The molecule has 2 nitrogen and oxygen atoms in total. The summed E-state index contributed by atoms with van der Waals surface area (Å²) in [5, 5.41) is 0. The maximum Gasteiger partial charge on any atom is 0.124 e. The van der Waals surface area contributed by atoms with Crippen molar-refractivity contribution in [2.75, 3.05) is 0 Å². The van der Waals surface area contributed by atoms with E-state index in [-0.39, 0.29) is 11.6 Å². The van der Waals surface area contributed by atoms with Crippen LogP contribution in [0.5, 0.6) is 5.75 Å². The Bertz CT molecular complexity index is 498. The van der Waals surface area contributed by atoms with Crippen LogP contribution in [0.25, 0.3) is 0 Å². The van der Waals surface area contributed by atoms with Crippen molar-refractivity contribution in [1.82, 2.24) is 0 Å². The largest absolute Gasteiger partial charge is 0.487 e. The minimum atomic E-state index is 0.00413. The fourth-order valence-corrected chi connectivity index (χ4v) is 4.29.